The number of amides is 2. The normalized spacial score (nSPS) is 10.5. The summed E-state index contributed by atoms with van der Waals surface area (Å²) >= 11 is 5.75. The van der Waals surface area contributed by atoms with E-state index in [0.717, 1.165) is 5.56 Å². The first kappa shape index (κ1) is 19.7. The molecule has 8 heteroatoms. The van der Waals surface area contributed by atoms with Crippen LogP contribution in [0.2, 0.25) is 5.02 Å². The molecule has 0 saturated carbocycles. The molecule has 0 aromatic heterocycles. The van der Waals surface area contributed by atoms with E-state index in [-0.39, 0.29) is 19.0 Å². The fourth-order valence-electron chi connectivity index (χ4n) is 2.14. The average molecular weight is 380 g/mol. The second-order valence-corrected chi connectivity index (χ2v) is 6.08. The molecule has 0 radical (unpaired) electrons. The second-order valence-electron chi connectivity index (χ2n) is 5.64. The summed E-state index contributed by atoms with van der Waals surface area (Å²) in [5, 5.41) is 0.566. The Morgan fingerprint density at radius 1 is 1.12 bits per heavy atom. The zero-order valence-electron chi connectivity index (χ0n) is 14.2. The van der Waals surface area contributed by atoms with Crippen LogP contribution < -0.4 is 15.6 Å². The topological polar surface area (TPSA) is 70.7 Å². The lowest BCUT2D eigenvalue weighted by atomic mass is 10.2. The maximum Gasteiger partial charge on any atom is 0.276 e. The van der Waals surface area contributed by atoms with Gasteiger partial charge in [-0.25, -0.2) is 4.39 Å². The molecule has 0 saturated heterocycles. The van der Waals surface area contributed by atoms with E-state index in [2.05, 4.69) is 10.9 Å². The third-order valence-electron chi connectivity index (χ3n) is 3.28. The van der Waals surface area contributed by atoms with Crippen LogP contribution in [-0.4, -0.2) is 36.9 Å². The van der Waals surface area contributed by atoms with Gasteiger partial charge in [-0.3, -0.25) is 25.3 Å². The Balaban J connectivity index is 1.67. The van der Waals surface area contributed by atoms with Gasteiger partial charge in [-0.05, 0) is 49.0 Å². The van der Waals surface area contributed by atoms with Crippen LogP contribution in [-0.2, 0) is 16.1 Å². The molecule has 0 unspecified atom stereocenters. The van der Waals surface area contributed by atoms with Crippen molar-refractivity contribution >= 4 is 23.4 Å². The van der Waals surface area contributed by atoms with Gasteiger partial charge in [0.1, 0.15) is 11.6 Å². The minimum absolute atomic E-state index is 0.0365. The van der Waals surface area contributed by atoms with E-state index in [1.807, 2.05) is 0 Å². The minimum Gasteiger partial charge on any atom is -0.484 e. The second kappa shape index (κ2) is 9.74. The predicted molar refractivity (Wildman–Crippen MR) is 96.0 cm³/mol. The molecular formula is C18H19ClFN3O3. The van der Waals surface area contributed by atoms with E-state index in [1.54, 1.807) is 48.3 Å². The maximum atomic E-state index is 13.1. The van der Waals surface area contributed by atoms with Crippen molar-refractivity contribution in [1.82, 2.24) is 15.8 Å². The Morgan fingerprint density at radius 3 is 2.50 bits per heavy atom. The minimum atomic E-state index is -0.499. The van der Waals surface area contributed by atoms with Crippen molar-refractivity contribution in [3.63, 3.8) is 0 Å². The Bertz CT molecular complexity index is 756. The van der Waals surface area contributed by atoms with Crippen LogP contribution in [0.15, 0.2) is 48.5 Å². The fraction of sp³-hybridized carbons (Fsp3) is 0.222. The van der Waals surface area contributed by atoms with Gasteiger partial charge in [-0.1, -0.05) is 23.7 Å². The lowest BCUT2D eigenvalue weighted by molar-refractivity contribution is -0.130. The zero-order valence-corrected chi connectivity index (χ0v) is 14.9. The van der Waals surface area contributed by atoms with Crippen LogP contribution in [0.1, 0.15) is 5.56 Å². The average Bonchev–Trinajstić information content (AvgIpc) is 2.59. The number of rotatable bonds is 7. The van der Waals surface area contributed by atoms with Gasteiger partial charge in [0.25, 0.3) is 11.8 Å². The van der Waals surface area contributed by atoms with E-state index < -0.39 is 11.8 Å². The van der Waals surface area contributed by atoms with Gasteiger partial charge >= 0.3 is 0 Å². The molecule has 26 heavy (non-hydrogen) atoms. The summed E-state index contributed by atoms with van der Waals surface area (Å²) in [6.07, 6.45) is 0. The van der Waals surface area contributed by atoms with E-state index in [1.165, 1.54) is 12.1 Å². The molecule has 0 aliphatic heterocycles. The highest BCUT2D eigenvalue weighted by Crippen LogP contribution is 2.15. The summed E-state index contributed by atoms with van der Waals surface area (Å²) in [4.78, 5) is 25.2. The number of benzene rings is 2. The summed E-state index contributed by atoms with van der Waals surface area (Å²) in [5.41, 5.74) is 5.32. The van der Waals surface area contributed by atoms with Crippen LogP contribution in [0.3, 0.4) is 0 Å². The number of carbonyl (C=O) groups is 2. The van der Waals surface area contributed by atoms with Crippen LogP contribution in [0, 0.1) is 5.82 Å². The van der Waals surface area contributed by atoms with Gasteiger partial charge in [0.15, 0.2) is 6.61 Å². The van der Waals surface area contributed by atoms with Crippen molar-refractivity contribution in [3.8, 4) is 5.75 Å². The summed E-state index contributed by atoms with van der Waals surface area (Å²) in [5.74, 6) is -0.733. The molecule has 0 fully saturated rings. The highest BCUT2D eigenvalue weighted by molar-refractivity contribution is 6.30. The molecule has 0 aliphatic carbocycles. The van der Waals surface area contributed by atoms with Crippen LogP contribution >= 0.6 is 11.6 Å². The van der Waals surface area contributed by atoms with Gasteiger partial charge in [0, 0.05) is 11.6 Å². The number of likely N-dealkylation sites (N-methyl/N-ethyl adjacent to an activating group) is 1. The van der Waals surface area contributed by atoms with Crippen molar-refractivity contribution < 1.29 is 18.7 Å². The highest BCUT2D eigenvalue weighted by atomic mass is 35.5. The predicted octanol–water partition coefficient (Wildman–Crippen LogP) is 2.14. The number of hydrogen-bond acceptors (Lipinski definition) is 4. The van der Waals surface area contributed by atoms with E-state index >= 15 is 0 Å². The first-order chi connectivity index (χ1) is 12.4. The molecule has 0 atom stereocenters. The van der Waals surface area contributed by atoms with Crippen LogP contribution in [0.25, 0.3) is 0 Å². The Labute approximate surface area is 155 Å². The molecule has 138 valence electrons. The molecule has 6 nitrogen and oxygen atoms in total. The molecule has 2 aromatic rings. The third kappa shape index (κ3) is 7.08. The number of nitrogens with one attached hydrogen (secondary N) is 2. The zero-order chi connectivity index (χ0) is 18.9. The monoisotopic (exact) mass is 379 g/mol. The molecular weight excluding hydrogens is 361 g/mol. The molecule has 0 heterocycles. The van der Waals surface area contributed by atoms with E-state index in [4.69, 9.17) is 16.3 Å². The van der Waals surface area contributed by atoms with Crippen LogP contribution in [0.4, 0.5) is 4.39 Å². The smallest absolute Gasteiger partial charge is 0.276 e. The lowest BCUT2D eigenvalue weighted by Gasteiger charge is -2.16. The summed E-state index contributed by atoms with van der Waals surface area (Å²) in [6, 6.07) is 12.7. The summed E-state index contributed by atoms with van der Waals surface area (Å²) in [6.45, 7) is 0.189. The maximum absolute atomic E-state index is 13.1. The first-order valence-electron chi connectivity index (χ1n) is 7.81. The van der Waals surface area contributed by atoms with Crippen molar-refractivity contribution in [2.24, 2.45) is 0 Å². The van der Waals surface area contributed by atoms with E-state index in [0.29, 0.717) is 17.3 Å². The van der Waals surface area contributed by atoms with Crippen LogP contribution in [0.5, 0.6) is 5.75 Å². The summed E-state index contributed by atoms with van der Waals surface area (Å²) < 4.78 is 18.4. The molecule has 2 rings (SSSR count). The summed E-state index contributed by atoms with van der Waals surface area (Å²) in [7, 11) is 1.72. The number of halogens is 2. The van der Waals surface area contributed by atoms with Crippen molar-refractivity contribution in [1.29, 1.82) is 0 Å². The third-order valence-corrected chi connectivity index (χ3v) is 3.53. The number of nitrogens with zero attached hydrogens (tertiary/aromatic N) is 1. The Hall–Kier alpha value is -2.64. The van der Waals surface area contributed by atoms with Gasteiger partial charge in [-0.2, -0.15) is 0 Å². The quantitative estimate of drug-likeness (QED) is 0.723. The number of ether oxygens (including phenoxy) is 1. The SMILES string of the molecule is CN(CC(=O)NNC(=O)COc1ccc(Cl)cc1)Cc1cccc(F)c1. The molecule has 2 N–H and O–H groups in total. The van der Waals surface area contributed by atoms with Crippen molar-refractivity contribution in [2.75, 3.05) is 20.2 Å². The van der Waals surface area contributed by atoms with Gasteiger partial charge < -0.3 is 4.74 Å². The molecule has 2 aromatic carbocycles. The Kier molecular flexibility index (Phi) is 7.37. The molecule has 0 spiro atoms. The number of hydrogen-bond donors (Lipinski definition) is 2. The number of hydrazine groups is 1. The van der Waals surface area contributed by atoms with Gasteiger partial charge in [0.05, 0.1) is 6.54 Å². The van der Waals surface area contributed by atoms with E-state index in [9.17, 15) is 14.0 Å². The van der Waals surface area contributed by atoms with Gasteiger partial charge in [0.2, 0.25) is 0 Å². The largest absolute Gasteiger partial charge is 0.484 e. The van der Waals surface area contributed by atoms with Crippen molar-refractivity contribution in [3.05, 3.63) is 64.9 Å². The molecule has 0 aliphatic rings. The van der Waals surface area contributed by atoms with Crippen molar-refractivity contribution in [2.45, 2.75) is 6.54 Å². The molecule has 2 amide bonds. The highest BCUT2D eigenvalue weighted by Gasteiger charge is 2.09. The number of carbonyl (C=O) groups excluding carboxylic acids is 2. The standard InChI is InChI=1S/C18H19ClFN3O3/c1-23(10-13-3-2-4-15(20)9-13)11-17(24)21-22-18(25)12-26-16-7-5-14(19)6-8-16/h2-9H,10-12H2,1H3,(H,21,24)(H,22,25). The lowest BCUT2D eigenvalue weighted by Crippen LogP contribution is -2.47. The Morgan fingerprint density at radius 2 is 1.81 bits per heavy atom. The first-order valence-corrected chi connectivity index (χ1v) is 8.19. The van der Waals surface area contributed by atoms with Gasteiger partial charge in [-0.15, -0.1) is 0 Å². The molecule has 0 bridgehead atoms. The fourth-order valence-corrected chi connectivity index (χ4v) is 2.27.